The summed E-state index contributed by atoms with van der Waals surface area (Å²) in [5.41, 5.74) is 21.5. The van der Waals surface area contributed by atoms with E-state index in [1.807, 2.05) is 0 Å². The lowest BCUT2D eigenvalue weighted by molar-refractivity contribution is 1.05. The van der Waals surface area contributed by atoms with Gasteiger partial charge in [0.2, 0.25) is 0 Å². The monoisotopic (exact) mass is 868 g/mol. The van der Waals surface area contributed by atoms with Gasteiger partial charge in [0.15, 0.2) is 0 Å². The number of rotatable bonds is 10. The van der Waals surface area contributed by atoms with Crippen molar-refractivity contribution >= 4 is 44.4 Å². The van der Waals surface area contributed by atoms with Gasteiger partial charge in [-0.05, 0) is 129 Å². The van der Waals surface area contributed by atoms with E-state index < -0.39 is 0 Å². The number of allylic oxidation sites excluding steroid dienone is 4. The van der Waals surface area contributed by atoms with Crippen molar-refractivity contribution in [1.82, 2.24) is 4.57 Å². The summed E-state index contributed by atoms with van der Waals surface area (Å²) in [6.07, 6.45) is 8.86. The van der Waals surface area contributed by atoms with E-state index in [4.69, 9.17) is 0 Å². The van der Waals surface area contributed by atoms with Crippen LogP contribution in [0, 0.1) is 0 Å². The third-order valence-corrected chi connectivity index (χ3v) is 13.5. The first-order valence-corrected chi connectivity index (χ1v) is 23.6. The molecule has 0 N–H and O–H groups in total. The number of aromatic nitrogens is 1. The van der Waals surface area contributed by atoms with Crippen molar-refractivity contribution in [3.63, 3.8) is 0 Å². The van der Waals surface area contributed by atoms with Crippen LogP contribution in [0.1, 0.15) is 18.4 Å². The van der Waals surface area contributed by atoms with Crippen molar-refractivity contribution in [2.24, 2.45) is 0 Å². The molecule has 1 heterocycles. The molecule has 2 heteroatoms. The first kappa shape index (κ1) is 40.8. The molecule has 10 aromatic carbocycles. The van der Waals surface area contributed by atoms with Crippen LogP contribution in [0.3, 0.4) is 0 Å². The summed E-state index contributed by atoms with van der Waals surface area (Å²) < 4.78 is 2.50. The lowest BCUT2D eigenvalue weighted by atomic mass is 9.96. The van der Waals surface area contributed by atoms with Crippen LogP contribution in [0.4, 0.5) is 17.1 Å². The molecule has 0 saturated carbocycles. The van der Waals surface area contributed by atoms with Crippen LogP contribution < -0.4 is 4.90 Å². The van der Waals surface area contributed by atoms with Crippen molar-refractivity contribution in [3.8, 4) is 61.3 Å². The van der Waals surface area contributed by atoms with Crippen LogP contribution in [-0.4, -0.2) is 4.57 Å². The number of hydrogen-bond donors (Lipinski definition) is 0. The number of anilines is 3. The van der Waals surface area contributed by atoms with Crippen molar-refractivity contribution in [1.29, 1.82) is 0 Å². The quantitative estimate of drug-likeness (QED) is 0.133. The third kappa shape index (κ3) is 7.82. The predicted octanol–water partition coefficient (Wildman–Crippen LogP) is 18.3. The van der Waals surface area contributed by atoms with E-state index in [1.165, 1.54) is 88.6 Å². The highest BCUT2D eigenvalue weighted by molar-refractivity contribution is 6.11. The van der Waals surface area contributed by atoms with Crippen LogP contribution >= 0.6 is 0 Å². The normalized spacial score (nSPS) is 12.3. The zero-order valence-electron chi connectivity index (χ0n) is 37.7. The second-order valence-corrected chi connectivity index (χ2v) is 17.6. The summed E-state index contributed by atoms with van der Waals surface area (Å²) in [4.78, 5) is 2.36. The van der Waals surface area contributed by atoms with Crippen molar-refractivity contribution in [2.75, 3.05) is 4.90 Å². The van der Waals surface area contributed by atoms with Crippen LogP contribution in [-0.2, 0) is 0 Å². The maximum absolute atomic E-state index is 2.50. The molecule has 0 unspecified atom stereocenters. The minimum absolute atomic E-state index is 1.05. The van der Waals surface area contributed by atoms with Crippen LogP contribution in [0.2, 0.25) is 0 Å². The zero-order valence-corrected chi connectivity index (χ0v) is 37.7. The highest BCUT2D eigenvalue weighted by Gasteiger charge is 2.19. The highest BCUT2D eigenvalue weighted by Crippen LogP contribution is 2.42. The summed E-state index contributed by atoms with van der Waals surface area (Å²) in [5, 5.41) is 2.51. The van der Waals surface area contributed by atoms with Crippen LogP contribution in [0.5, 0.6) is 0 Å². The second-order valence-electron chi connectivity index (χ2n) is 17.6. The van der Waals surface area contributed by atoms with Crippen molar-refractivity contribution in [2.45, 2.75) is 12.8 Å². The topological polar surface area (TPSA) is 8.17 Å². The average Bonchev–Trinajstić information content (AvgIpc) is 3.75. The van der Waals surface area contributed by atoms with Gasteiger partial charge in [-0.3, -0.25) is 0 Å². The molecular formula is C66H48N2. The highest BCUT2D eigenvalue weighted by atomic mass is 15.1. The molecule has 1 aliphatic carbocycles. The van der Waals surface area contributed by atoms with Gasteiger partial charge in [0, 0.05) is 33.4 Å². The Kier molecular flexibility index (Phi) is 10.7. The molecule has 2 nitrogen and oxygen atoms in total. The summed E-state index contributed by atoms with van der Waals surface area (Å²) in [6, 6.07) is 90.6. The molecule has 0 amide bonds. The molecule has 0 bridgehead atoms. The van der Waals surface area contributed by atoms with Gasteiger partial charge in [-0.15, -0.1) is 0 Å². The third-order valence-electron chi connectivity index (χ3n) is 13.5. The Labute approximate surface area is 398 Å². The second kappa shape index (κ2) is 17.9. The molecule has 0 saturated heterocycles. The number of para-hydroxylation sites is 1. The average molecular weight is 869 g/mol. The fourth-order valence-corrected chi connectivity index (χ4v) is 10.0. The van der Waals surface area contributed by atoms with Crippen molar-refractivity contribution in [3.05, 3.63) is 273 Å². The van der Waals surface area contributed by atoms with Gasteiger partial charge in [-0.2, -0.15) is 0 Å². The summed E-state index contributed by atoms with van der Waals surface area (Å²) >= 11 is 0. The Morgan fingerprint density at radius 1 is 0.324 bits per heavy atom. The summed E-state index contributed by atoms with van der Waals surface area (Å²) in [7, 11) is 0. The zero-order chi connectivity index (χ0) is 45.2. The molecule has 0 radical (unpaired) electrons. The van der Waals surface area contributed by atoms with Gasteiger partial charge in [-0.25, -0.2) is 0 Å². The Bertz CT molecular complexity index is 3620. The Balaban J connectivity index is 0.909. The van der Waals surface area contributed by atoms with Crippen molar-refractivity contribution < 1.29 is 0 Å². The van der Waals surface area contributed by atoms with E-state index >= 15 is 0 Å². The molecule has 1 aliphatic rings. The minimum Gasteiger partial charge on any atom is -0.310 e. The molecule has 0 spiro atoms. The smallest absolute Gasteiger partial charge is 0.0547 e. The molecular weight excluding hydrogens is 821 g/mol. The fourth-order valence-electron chi connectivity index (χ4n) is 10.0. The van der Waals surface area contributed by atoms with E-state index in [2.05, 4.69) is 276 Å². The Morgan fingerprint density at radius 3 is 1.34 bits per heavy atom. The van der Waals surface area contributed by atoms with E-state index in [1.54, 1.807) is 0 Å². The Morgan fingerprint density at radius 2 is 0.765 bits per heavy atom. The molecule has 0 atom stereocenters. The lowest BCUT2D eigenvalue weighted by Crippen LogP contribution is -2.10. The van der Waals surface area contributed by atoms with Gasteiger partial charge in [0.05, 0.1) is 16.7 Å². The minimum atomic E-state index is 1.05. The maximum atomic E-state index is 2.50. The molecule has 12 rings (SSSR count). The number of fused-ring (bicyclic) bond motifs is 3. The maximum Gasteiger partial charge on any atom is 0.0547 e. The summed E-state index contributed by atoms with van der Waals surface area (Å²) in [5.74, 6) is 0. The molecule has 1 aromatic heterocycles. The summed E-state index contributed by atoms with van der Waals surface area (Å²) in [6.45, 7) is 0. The van der Waals surface area contributed by atoms with E-state index in [0.29, 0.717) is 0 Å². The first-order valence-electron chi connectivity index (χ1n) is 23.6. The fraction of sp³-hybridized carbons (Fsp3) is 0.0303. The molecule has 11 aromatic rings. The Hall–Kier alpha value is -8.72. The van der Waals surface area contributed by atoms with Gasteiger partial charge in [-0.1, -0.05) is 212 Å². The van der Waals surface area contributed by atoms with Gasteiger partial charge in [0.1, 0.15) is 0 Å². The molecule has 0 fully saturated rings. The predicted molar refractivity (Wildman–Crippen MR) is 289 cm³/mol. The number of nitrogens with zero attached hydrogens (tertiary/aromatic N) is 2. The van der Waals surface area contributed by atoms with Gasteiger partial charge < -0.3 is 9.47 Å². The molecule has 0 aliphatic heterocycles. The van der Waals surface area contributed by atoms with Crippen LogP contribution in [0.25, 0.3) is 88.7 Å². The van der Waals surface area contributed by atoms with E-state index in [9.17, 15) is 0 Å². The van der Waals surface area contributed by atoms with Gasteiger partial charge >= 0.3 is 0 Å². The molecule has 322 valence electrons. The largest absolute Gasteiger partial charge is 0.310 e. The lowest BCUT2D eigenvalue weighted by Gasteiger charge is -2.26. The standard InChI is InChI=1S/C66H48N2/c1-5-16-47(17-6-1)52-32-38-58(39-33-52)67(60-25-15-24-55(44-60)48-18-7-2-8-19-48)59-40-34-53(35-41-59)51-28-30-54(31-29-51)61-26-13-14-27-64(61)68-65-45-56(49-20-9-3-10-21-49)36-42-62(65)63-43-37-57(46-66(63)68)50-22-11-4-12-23-50/h1-11,13-22,24-46H,12,23H2. The number of benzene rings is 10. The van der Waals surface area contributed by atoms with E-state index in [-0.39, 0.29) is 0 Å². The molecule has 68 heavy (non-hydrogen) atoms. The van der Waals surface area contributed by atoms with Gasteiger partial charge in [0.25, 0.3) is 0 Å². The van der Waals surface area contributed by atoms with E-state index in [0.717, 1.165) is 35.6 Å². The van der Waals surface area contributed by atoms with Crippen LogP contribution in [0.15, 0.2) is 267 Å². The number of hydrogen-bond acceptors (Lipinski definition) is 1. The first-order chi connectivity index (χ1) is 33.7. The SMILES string of the molecule is C1=CCCC(c2ccc3c4ccc(-c5ccccc5)cc4n(-c4ccccc4-c4ccc(-c5ccc(N(c6ccc(-c7ccccc7)cc6)c6cccc(-c7ccccc7)c6)cc5)cc4)c3c2)=C1.